The van der Waals surface area contributed by atoms with E-state index in [-0.39, 0.29) is 11.7 Å². The number of carbonyl (C=O) groups excluding carboxylic acids is 1. The average Bonchev–Trinajstić information content (AvgIpc) is 3.10. The molecule has 0 bridgehead atoms. The van der Waals surface area contributed by atoms with Crippen LogP contribution < -0.4 is 4.90 Å². The van der Waals surface area contributed by atoms with Gasteiger partial charge < -0.3 is 9.80 Å². The van der Waals surface area contributed by atoms with Crippen LogP contribution >= 0.6 is 0 Å². The number of anilines is 1. The minimum Gasteiger partial charge on any atom is -0.353 e. The molecular formula is C26H23FN4O. The Kier molecular flexibility index (Phi) is 5.50. The van der Waals surface area contributed by atoms with Crippen LogP contribution in [-0.4, -0.2) is 47.0 Å². The molecule has 1 amide bonds. The molecule has 0 saturated carbocycles. The first-order valence-electron chi connectivity index (χ1n) is 10.8. The summed E-state index contributed by atoms with van der Waals surface area (Å²) >= 11 is 0. The molecule has 2 heterocycles. The lowest BCUT2D eigenvalue weighted by atomic mass is 10.1. The van der Waals surface area contributed by atoms with Crippen LogP contribution in [0.3, 0.4) is 0 Å². The Morgan fingerprint density at radius 3 is 2.19 bits per heavy atom. The van der Waals surface area contributed by atoms with Crippen molar-refractivity contribution in [2.75, 3.05) is 31.1 Å². The van der Waals surface area contributed by atoms with Crippen molar-refractivity contribution in [2.45, 2.75) is 6.42 Å². The summed E-state index contributed by atoms with van der Waals surface area (Å²) in [7, 11) is 0. The number of rotatable bonds is 3. The quantitative estimate of drug-likeness (QED) is 0.473. The lowest BCUT2D eigenvalue weighted by molar-refractivity contribution is 0.0767. The number of nitrogens with zero attached hydrogens (tertiary/aromatic N) is 4. The van der Waals surface area contributed by atoms with Crippen molar-refractivity contribution in [1.82, 2.24) is 14.9 Å². The van der Waals surface area contributed by atoms with Gasteiger partial charge >= 0.3 is 0 Å². The fraction of sp³-hybridized carbons (Fsp3) is 0.192. The van der Waals surface area contributed by atoms with Crippen LogP contribution in [0, 0.1) is 5.82 Å². The Balaban J connectivity index is 1.45. The van der Waals surface area contributed by atoms with Crippen molar-refractivity contribution in [3.8, 4) is 11.3 Å². The fourth-order valence-electron chi connectivity index (χ4n) is 4.11. The molecule has 3 aromatic carbocycles. The maximum atomic E-state index is 13.2. The van der Waals surface area contributed by atoms with E-state index in [1.54, 1.807) is 12.1 Å². The molecule has 5 nitrogen and oxygen atoms in total. The molecule has 0 spiro atoms. The summed E-state index contributed by atoms with van der Waals surface area (Å²) in [5, 5.41) is 0. The van der Waals surface area contributed by atoms with Gasteiger partial charge in [-0.2, -0.15) is 0 Å². The summed E-state index contributed by atoms with van der Waals surface area (Å²) in [6.07, 6.45) is 0.815. The van der Waals surface area contributed by atoms with Crippen LogP contribution in [0.4, 0.5) is 10.2 Å². The van der Waals surface area contributed by atoms with Gasteiger partial charge in [-0.3, -0.25) is 4.79 Å². The van der Waals surface area contributed by atoms with Crippen LogP contribution in [0.15, 0.2) is 78.9 Å². The van der Waals surface area contributed by atoms with Crippen molar-refractivity contribution in [3.63, 3.8) is 0 Å². The zero-order chi connectivity index (χ0) is 21.9. The van der Waals surface area contributed by atoms with Crippen molar-refractivity contribution in [3.05, 3.63) is 90.2 Å². The van der Waals surface area contributed by atoms with Crippen molar-refractivity contribution in [1.29, 1.82) is 0 Å². The van der Waals surface area contributed by atoms with Crippen LogP contribution in [0.5, 0.6) is 0 Å². The Bertz CT molecular complexity index is 1240. The van der Waals surface area contributed by atoms with E-state index in [1.165, 1.54) is 12.1 Å². The molecule has 0 unspecified atom stereocenters. The lowest BCUT2D eigenvalue weighted by Crippen LogP contribution is -2.35. The molecule has 1 aliphatic heterocycles. The van der Waals surface area contributed by atoms with Gasteiger partial charge in [-0.05, 0) is 42.8 Å². The number of aromatic nitrogens is 2. The second-order valence-corrected chi connectivity index (χ2v) is 7.89. The van der Waals surface area contributed by atoms with Crippen molar-refractivity contribution in [2.24, 2.45) is 0 Å². The molecule has 1 aromatic heterocycles. The summed E-state index contributed by atoms with van der Waals surface area (Å²) < 4.78 is 13.2. The minimum atomic E-state index is -0.341. The second-order valence-electron chi connectivity index (χ2n) is 7.89. The Morgan fingerprint density at radius 1 is 0.750 bits per heavy atom. The van der Waals surface area contributed by atoms with Crippen molar-refractivity contribution >= 4 is 22.8 Å². The normalized spacial score (nSPS) is 14.4. The first kappa shape index (κ1) is 20.1. The number of carbonyl (C=O) groups is 1. The summed E-state index contributed by atoms with van der Waals surface area (Å²) in [4.78, 5) is 26.9. The van der Waals surface area contributed by atoms with Gasteiger partial charge in [-0.25, -0.2) is 14.4 Å². The van der Waals surface area contributed by atoms with Gasteiger partial charge in [0.15, 0.2) is 5.82 Å². The van der Waals surface area contributed by atoms with Gasteiger partial charge in [-0.15, -0.1) is 0 Å². The first-order chi connectivity index (χ1) is 15.7. The monoisotopic (exact) mass is 426 g/mol. The molecule has 0 N–H and O–H groups in total. The summed E-state index contributed by atoms with van der Waals surface area (Å²) in [5.74, 6) is 0.428. The minimum absolute atomic E-state index is 0.0697. The molecule has 4 aromatic rings. The van der Waals surface area contributed by atoms with Crippen LogP contribution in [0.1, 0.15) is 16.8 Å². The third-order valence-electron chi connectivity index (χ3n) is 5.77. The van der Waals surface area contributed by atoms with E-state index < -0.39 is 0 Å². The molecule has 0 radical (unpaired) electrons. The molecule has 1 saturated heterocycles. The molecule has 0 aliphatic carbocycles. The van der Waals surface area contributed by atoms with Crippen LogP contribution in [0.2, 0.25) is 0 Å². The van der Waals surface area contributed by atoms with E-state index in [9.17, 15) is 9.18 Å². The third kappa shape index (κ3) is 4.04. The predicted molar refractivity (Wildman–Crippen MR) is 124 cm³/mol. The van der Waals surface area contributed by atoms with E-state index in [2.05, 4.69) is 4.90 Å². The van der Waals surface area contributed by atoms with Gasteiger partial charge in [0.2, 0.25) is 0 Å². The van der Waals surface area contributed by atoms with E-state index >= 15 is 0 Å². The number of amides is 1. The summed E-state index contributed by atoms with van der Waals surface area (Å²) in [6.45, 7) is 2.65. The van der Waals surface area contributed by atoms with E-state index in [0.29, 0.717) is 25.2 Å². The Morgan fingerprint density at radius 2 is 1.44 bits per heavy atom. The highest BCUT2D eigenvalue weighted by molar-refractivity contribution is 5.94. The smallest absolute Gasteiger partial charge is 0.253 e. The van der Waals surface area contributed by atoms with E-state index in [4.69, 9.17) is 9.97 Å². The highest BCUT2D eigenvalue weighted by atomic mass is 19.1. The average molecular weight is 426 g/mol. The lowest BCUT2D eigenvalue weighted by Gasteiger charge is -2.25. The van der Waals surface area contributed by atoms with Gasteiger partial charge in [0.1, 0.15) is 11.5 Å². The number of hydrogen-bond donors (Lipinski definition) is 0. The van der Waals surface area contributed by atoms with E-state index in [0.717, 1.165) is 41.1 Å². The van der Waals surface area contributed by atoms with Crippen LogP contribution in [-0.2, 0) is 0 Å². The number of fused-ring (bicyclic) bond motifs is 1. The molecule has 32 heavy (non-hydrogen) atoms. The van der Waals surface area contributed by atoms with Crippen LogP contribution in [0.25, 0.3) is 22.3 Å². The van der Waals surface area contributed by atoms with Crippen molar-refractivity contribution < 1.29 is 9.18 Å². The standard InChI is InChI=1S/C26H23FN4O/c27-21-13-11-20(12-14-21)26(32)31-16-6-15-30(17-18-31)25-24(19-7-2-1-3-8-19)28-22-9-4-5-10-23(22)29-25/h1-5,7-14H,6,15-18H2. The van der Waals surface area contributed by atoms with E-state index in [1.807, 2.05) is 59.5 Å². The summed E-state index contributed by atoms with van der Waals surface area (Å²) in [5.41, 5.74) is 4.09. The van der Waals surface area contributed by atoms with Gasteiger partial charge in [-0.1, -0.05) is 42.5 Å². The number of para-hydroxylation sites is 2. The molecular weight excluding hydrogens is 403 g/mol. The maximum absolute atomic E-state index is 13.2. The second kappa shape index (κ2) is 8.75. The van der Waals surface area contributed by atoms with Gasteiger partial charge in [0.05, 0.1) is 11.0 Å². The number of hydrogen-bond acceptors (Lipinski definition) is 4. The molecule has 1 aliphatic rings. The summed E-state index contributed by atoms with van der Waals surface area (Å²) in [6, 6.07) is 23.7. The van der Waals surface area contributed by atoms with Gasteiger partial charge in [0, 0.05) is 37.3 Å². The highest BCUT2D eigenvalue weighted by Crippen LogP contribution is 2.30. The predicted octanol–water partition coefficient (Wildman–Crippen LogP) is 4.79. The zero-order valence-corrected chi connectivity index (χ0v) is 17.6. The first-order valence-corrected chi connectivity index (χ1v) is 10.8. The molecule has 0 atom stereocenters. The largest absolute Gasteiger partial charge is 0.353 e. The third-order valence-corrected chi connectivity index (χ3v) is 5.77. The zero-order valence-electron chi connectivity index (χ0n) is 17.6. The Labute approximate surface area is 186 Å². The molecule has 160 valence electrons. The maximum Gasteiger partial charge on any atom is 0.253 e. The fourth-order valence-corrected chi connectivity index (χ4v) is 4.11. The molecule has 1 fully saturated rings. The highest BCUT2D eigenvalue weighted by Gasteiger charge is 2.24. The SMILES string of the molecule is O=C(c1ccc(F)cc1)N1CCCN(c2nc3ccccc3nc2-c2ccccc2)CC1. The molecule has 5 rings (SSSR count). The number of halogens is 1. The molecule has 6 heteroatoms. The van der Waals surface area contributed by atoms with Gasteiger partial charge in [0.25, 0.3) is 5.91 Å². The Hall–Kier alpha value is -3.80. The number of benzene rings is 3. The topological polar surface area (TPSA) is 49.3 Å².